The van der Waals surface area contributed by atoms with Gasteiger partial charge in [0.05, 0.1) is 18.2 Å². The molecule has 0 aromatic heterocycles. The summed E-state index contributed by atoms with van der Waals surface area (Å²) < 4.78 is 10.7. The number of ether oxygens (including phenoxy) is 2. The minimum atomic E-state index is 0.0105. The van der Waals surface area contributed by atoms with Crippen molar-refractivity contribution in [3.05, 3.63) is 22.7 Å². The Balaban J connectivity index is 3.16. The highest BCUT2D eigenvalue weighted by molar-refractivity contribution is 6.32. The van der Waals surface area contributed by atoms with Crippen LogP contribution in [0.3, 0.4) is 0 Å². The maximum Gasteiger partial charge on any atom is 0.142 e. The predicted octanol–water partition coefficient (Wildman–Crippen LogP) is 2.88. The van der Waals surface area contributed by atoms with Gasteiger partial charge >= 0.3 is 0 Å². The maximum absolute atomic E-state index is 10.6. The summed E-state index contributed by atoms with van der Waals surface area (Å²) >= 11 is 6.07. The summed E-state index contributed by atoms with van der Waals surface area (Å²) in [5, 5.41) is 0.463. The molecule has 1 aromatic carbocycles. The van der Waals surface area contributed by atoms with E-state index in [4.69, 9.17) is 21.1 Å². The summed E-state index contributed by atoms with van der Waals surface area (Å²) in [4.78, 5) is 10.6. The molecule has 0 unspecified atom stereocenters. The van der Waals surface area contributed by atoms with Gasteiger partial charge in [0.1, 0.15) is 17.8 Å². The molecule has 0 bridgehead atoms. The van der Waals surface area contributed by atoms with Crippen LogP contribution in [0.2, 0.25) is 5.02 Å². The molecule has 0 radical (unpaired) electrons. The van der Waals surface area contributed by atoms with Gasteiger partial charge in [-0.15, -0.1) is 0 Å². The Morgan fingerprint density at radius 2 is 2.12 bits per heavy atom. The van der Waals surface area contributed by atoms with E-state index in [0.29, 0.717) is 16.5 Å². The molecule has 0 aliphatic carbocycles. The first-order valence-corrected chi connectivity index (χ1v) is 5.43. The highest BCUT2D eigenvalue weighted by Crippen LogP contribution is 2.34. The summed E-state index contributed by atoms with van der Waals surface area (Å²) in [6.45, 7) is 3.82. The second-order valence-corrected chi connectivity index (χ2v) is 4.04. The molecular weight excluding hydrogens is 228 g/mol. The van der Waals surface area contributed by atoms with Gasteiger partial charge in [-0.3, -0.25) is 0 Å². The summed E-state index contributed by atoms with van der Waals surface area (Å²) in [6.07, 6.45) is 1.09. The zero-order valence-corrected chi connectivity index (χ0v) is 10.4. The van der Waals surface area contributed by atoms with Crippen molar-refractivity contribution in [1.29, 1.82) is 0 Å². The molecule has 0 fully saturated rings. The predicted molar refractivity (Wildman–Crippen MR) is 63.5 cm³/mol. The molecule has 0 aliphatic rings. The first-order valence-electron chi connectivity index (χ1n) is 5.05. The summed E-state index contributed by atoms with van der Waals surface area (Å²) in [6, 6.07) is 3.44. The molecule has 88 valence electrons. The Hall–Kier alpha value is -1.22. The highest BCUT2D eigenvalue weighted by atomic mass is 35.5. The molecular formula is C12H15ClO3. The number of halogens is 1. The van der Waals surface area contributed by atoms with Crippen LogP contribution in [0, 0.1) is 0 Å². The first kappa shape index (κ1) is 12.8. The van der Waals surface area contributed by atoms with Gasteiger partial charge in [0.2, 0.25) is 0 Å². The lowest BCUT2D eigenvalue weighted by Gasteiger charge is -2.16. The van der Waals surface area contributed by atoms with Crippen molar-refractivity contribution in [3.8, 4) is 11.5 Å². The number of hydrogen-bond donors (Lipinski definition) is 0. The molecule has 1 rings (SSSR count). The smallest absolute Gasteiger partial charge is 0.142 e. The molecule has 0 saturated heterocycles. The van der Waals surface area contributed by atoms with Crippen LogP contribution in [0.15, 0.2) is 12.1 Å². The fourth-order valence-corrected chi connectivity index (χ4v) is 1.62. The van der Waals surface area contributed by atoms with Gasteiger partial charge in [-0.2, -0.15) is 0 Å². The molecule has 0 spiro atoms. The van der Waals surface area contributed by atoms with Gasteiger partial charge in [-0.25, -0.2) is 0 Å². The fourth-order valence-electron chi connectivity index (χ4n) is 1.35. The minimum absolute atomic E-state index is 0.0105. The van der Waals surface area contributed by atoms with Gasteiger partial charge in [0, 0.05) is 18.1 Å². The third-order valence-corrected chi connectivity index (χ3v) is 2.27. The van der Waals surface area contributed by atoms with E-state index in [-0.39, 0.29) is 12.5 Å². The van der Waals surface area contributed by atoms with Crippen LogP contribution in [-0.2, 0) is 11.2 Å². The SMILES string of the molecule is COc1cc(Cl)c(OC(C)C)c(CC=O)c1. The molecule has 0 saturated carbocycles. The second-order valence-electron chi connectivity index (χ2n) is 3.63. The van der Waals surface area contributed by atoms with E-state index in [1.54, 1.807) is 19.2 Å². The Kier molecular flexibility index (Phi) is 4.62. The summed E-state index contributed by atoms with van der Waals surface area (Å²) in [5.41, 5.74) is 0.744. The van der Waals surface area contributed by atoms with Crippen LogP contribution in [0.5, 0.6) is 11.5 Å². The number of carbonyl (C=O) groups excluding carboxylic acids is 1. The third kappa shape index (κ3) is 3.14. The number of aldehydes is 1. The van der Waals surface area contributed by atoms with Crippen LogP contribution < -0.4 is 9.47 Å². The van der Waals surface area contributed by atoms with Crippen molar-refractivity contribution in [3.63, 3.8) is 0 Å². The molecule has 0 heterocycles. The van der Waals surface area contributed by atoms with Crippen molar-refractivity contribution in [2.24, 2.45) is 0 Å². The normalized spacial score (nSPS) is 10.3. The fraction of sp³-hybridized carbons (Fsp3) is 0.417. The number of benzene rings is 1. The number of methoxy groups -OCH3 is 1. The Bertz CT molecular complexity index is 375. The molecule has 1 aromatic rings. The quantitative estimate of drug-likeness (QED) is 0.745. The molecule has 0 aliphatic heterocycles. The van der Waals surface area contributed by atoms with E-state index >= 15 is 0 Å². The van der Waals surface area contributed by atoms with E-state index in [0.717, 1.165) is 11.8 Å². The molecule has 4 heteroatoms. The molecule has 16 heavy (non-hydrogen) atoms. The van der Waals surface area contributed by atoms with Crippen LogP contribution in [-0.4, -0.2) is 19.5 Å². The van der Waals surface area contributed by atoms with Gasteiger partial charge in [-0.1, -0.05) is 11.6 Å². The van der Waals surface area contributed by atoms with E-state index in [2.05, 4.69) is 0 Å². The number of carbonyl (C=O) groups is 1. The molecule has 0 N–H and O–H groups in total. The van der Waals surface area contributed by atoms with Gasteiger partial charge in [-0.05, 0) is 19.9 Å². The second kappa shape index (κ2) is 5.75. The first-order chi connectivity index (χ1) is 7.58. The van der Waals surface area contributed by atoms with Crippen molar-refractivity contribution < 1.29 is 14.3 Å². The van der Waals surface area contributed by atoms with E-state index in [1.807, 2.05) is 13.8 Å². The summed E-state index contributed by atoms with van der Waals surface area (Å²) in [7, 11) is 1.55. The Morgan fingerprint density at radius 1 is 1.44 bits per heavy atom. The lowest BCUT2D eigenvalue weighted by molar-refractivity contribution is -0.107. The van der Waals surface area contributed by atoms with Crippen LogP contribution in [0.25, 0.3) is 0 Å². The van der Waals surface area contributed by atoms with Gasteiger partial charge in [0.25, 0.3) is 0 Å². The van der Waals surface area contributed by atoms with E-state index in [1.165, 1.54) is 0 Å². The third-order valence-electron chi connectivity index (χ3n) is 1.99. The van der Waals surface area contributed by atoms with Crippen molar-refractivity contribution in [1.82, 2.24) is 0 Å². The zero-order chi connectivity index (χ0) is 12.1. The monoisotopic (exact) mass is 242 g/mol. The largest absolute Gasteiger partial charge is 0.497 e. The van der Waals surface area contributed by atoms with Gasteiger partial charge in [0.15, 0.2) is 0 Å². The van der Waals surface area contributed by atoms with E-state index in [9.17, 15) is 4.79 Å². The maximum atomic E-state index is 10.6. The molecule has 3 nitrogen and oxygen atoms in total. The topological polar surface area (TPSA) is 35.5 Å². The molecule has 0 amide bonds. The molecule has 0 atom stereocenters. The van der Waals surface area contributed by atoms with Gasteiger partial charge < -0.3 is 14.3 Å². The average molecular weight is 243 g/mol. The van der Waals surface area contributed by atoms with Crippen LogP contribution in [0.1, 0.15) is 19.4 Å². The Morgan fingerprint density at radius 3 is 2.62 bits per heavy atom. The van der Waals surface area contributed by atoms with E-state index < -0.39 is 0 Å². The van der Waals surface area contributed by atoms with Crippen LogP contribution >= 0.6 is 11.6 Å². The van der Waals surface area contributed by atoms with Crippen molar-refractivity contribution in [2.45, 2.75) is 26.4 Å². The van der Waals surface area contributed by atoms with Crippen molar-refractivity contribution in [2.75, 3.05) is 7.11 Å². The lowest BCUT2D eigenvalue weighted by Crippen LogP contribution is -2.08. The number of hydrogen-bond acceptors (Lipinski definition) is 3. The van der Waals surface area contributed by atoms with Crippen molar-refractivity contribution >= 4 is 17.9 Å². The number of rotatable bonds is 5. The highest BCUT2D eigenvalue weighted by Gasteiger charge is 2.12. The van der Waals surface area contributed by atoms with Crippen LogP contribution in [0.4, 0.5) is 0 Å². The standard InChI is InChI=1S/C12H15ClO3/c1-8(2)16-12-9(4-5-14)6-10(15-3)7-11(12)13/h5-8H,4H2,1-3H3. The zero-order valence-electron chi connectivity index (χ0n) is 9.62. The Labute approximate surface area is 100 Å². The average Bonchev–Trinajstić information content (AvgIpc) is 2.22. The summed E-state index contributed by atoms with van der Waals surface area (Å²) in [5.74, 6) is 1.18. The minimum Gasteiger partial charge on any atom is -0.497 e. The lowest BCUT2D eigenvalue weighted by atomic mass is 10.1.